The van der Waals surface area contributed by atoms with Crippen LogP contribution in [0.25, 0.3) is 0 Å². The molecular formula is C7H13ClSi. The second-order valence-electron chi connectivity index (χ2n) is 2.52. The fourth-order valence-corrected chi connectivity index (χ4v) is 1.14. The summed E-state index contributed by atoms with van der Waals surface area (Å²) >= 11 is 5.93. The van der Waals surface area contributed by atoms with Crippen molar-refractivity contribution in [2.75, 3.05) is 0 Å². The summed E-state index contributed by atoms with van der Waals surface area (Å²) in [4.78, 5) is 0. The Hall–Kier alpha value is 0.0669. The van der Waals surface area contributed by atoms with Crippen LogP contribution in [-0.4, -0.2) is 7.38 Å². The fraction of sp³-hybridized carbons (Fsp3) is 0.714. The van der Waals surface area contributed by atoms with E-state index in [1.165, 1.54) is 0 Å². The summed E-state index contributed by atoms with van der Waals surface area (Å²) in [7, 11) is -1.58. The summed E-state index contributed by atoms with van der Waals surface area (Å²) in [6, 6.07) is 0. The van der Waals surface area contributed by atoms with Crippen LogP contribution in [0, 0.1) is 11.5 Å². The number of unbranched alkanes of at least 4 members (excludes halogenated alkanes) is 1. The molecule has 0 spiro atoms. The third-order valence-electron chi connectivity index (χ3n) is 0.761. The van der Waals surface area contributed by atoms with Gasteiger partial charge in [0, 0.05) is 6.42 Å². The molecule has 0 saturated carbocycles. The van der Waals surface area contributed by atoms with E-state index < -0.39 is 7.38 Å². The van der Waals surface area contributed by atoms with Gasteiger partial charge >= 0.3 is 0 Å². The lowest BCUT2D eigenvalue weighted by atomic mass is 10.4. The Kier molecular flexibility index (Phi) is 4.00. The summed E-state index contributed by atoms with van der Waals surface area (Å²) in [5.41, 5.74) is 3.08. The first-order valence-corrected chi connectivity index (χ1v) is 7.26. The molecule has 0 aromatic carbocycles. The van der Waals surface area contributed by atoms with Crippen LogP contribution in [-0.2, 0) is 0 Å². The largest absolute Gasteiger partial charge is 0.228 e. The van der Waals surface area contributed by atoms with Crippen molar-refractivity contribution in [3.8, 4) is 11.5 Å². The van der Waals surface area contributed by atoms with Crippen molar-refractivity contribution in [2.45, 2.75) is 32.9 Å². The second-order valence-corrected chi connectivity index (χ2v) is 8.55. The molecule has 0 N–H and O–H groups in total. The Morgan fingerprint density at radius 3 is 2.33 bits per heavy atom. The predicted molar refractivity (Wildman–Crippen MR) is 46.0 cm³/mol. The molecule has 0 atom stereocenters. The molecule has 0 amide bonds. The molecule has 52 valence electrons. The Bertz CT molecular complexity index is 124. The van der Waals surface area contributed by atoms with E-state index in [-0.39, 0.29) is 0 Å². The normalized spacial score (nSPS) is 10.2. The van der Waals surface area contributed by atoms with Crippen molar-refractivity contribution in [1.82, 2.24) is 0 Å². The minimum atomic E-state index is -1.58. The van der Waals surface area contributed by atoms with Crippen LogP contribution in [0.2, 0.25) is 13.1 Å². The minimum absolute atomic E-state index is 0.989. The maximum Gasteiger partial charge on any atom is 0.228 e. The molecule has 0 aliphatic rings. The molecule has 9 heavy (non-hydrogen) atoms. The highest BCUT2D eigenvalue weighted by Crippen LogP contribution is 2.04. The molecule has 0 fully saturated rings. The van der Waals surface area contributed by atoms with Crippen LogP contribution in [0.3, 0.4) is 0 Å². The van der Waals surface area contributed by atoms with Crippen molar-refractivity contribution in [3.05, 3.63) is 0 Å². The second kappa shape index (κ2) is 3.98. The molecule has 0 heterocycles. The Morgan fingerprint density at radius 2 is 2.00 bits per heavy atom. The van der Waals surface area contributed by atoms with E-state index in [1.807, 2.05) is 13.1 Å². The number of hydrogen-bond acceptors (Lipinski definition) is 0. The van der Waals surface area contributed by atoms with Gasteiger partial charge in [0.1, 0.15) is 0 Å². The maximum atomic E-state index is 5.93. The van der Waals surface area contributed by atoms with Crippen molar-refractivity contribution in [1.29, 1.82) is 0 Å². The zero-order chi connectivity index (χ0) is 7.33. The molecule has 0 saturated heterocycles. The zero-order valence-corrected chi connectivity index (χ0v) is 8.05. The van der Waals surface area contributed by atoms with Crippen LogP contribution >= 0.6 is 11.1 Å². The van der Waals surface area contributed by atoms with Crippen LogP contribution < -0.4 is 0 Å². The van der Waals surface area contributed by atoms with Gasteiger partial charge in [-0.2, -0.15) is 11.1 Å². The van der Waals surface area contributed by atoms with Gasteiger partial charge in [-0.05, 0) is 19.5 Å². The molecular weight excluding hydrogens is 148 g/mol. The van der Waals surface area contributed by atoms with E-state index >= 15 is 0 Å². The lowest BCUT2D eigenvalue weighted by molar-refractivity contribution is 0.984. The Morgan fingerprint density at radius 1 is 1.44 bits per heavy atom. The highest BCUT2D eigenvalue weighted by atomic mass is 35.6. The Balaban J connectivity index is 3.59. The first kappa shape index (κ1) is 9.07. The zero-order valence-electron chi connectivity index (χ0n) is 6.29. The molecule has 0 bridgehead atoms. The van der Waals surface area contributed by atoms with Gasteiger partial charge in [-0.15, -0.1) is 11.5 Å². The monoisotopic (exact) mass is 160 g/mol. The van der Waals surface area contributed by atoms with E-state index in [9.17, 15) is 0 Å². The molecule has 0 aromatic rings. The summed E-state index contributed by atoms with van der Waals surface area (Å²) in [5, 5.41) is 0. The van der Waals surface area contributed by atoms with Crippen LogP contribution in [0.1, 0.15) is 19.8 Å². The summed E-state index contributed by atoms with van der Waals surface area (Å²) in [5.74, 6) is 3.05. The molecule has 0 aliphatic heterocycles. The summed E-state index contributed by atoms with van der Waals surface area (Å²) in [6.07, 6.45) is 2.12. The number of hydrogen-bond donors (Lipinski definition) is 0. The maximum absolute atomic E-state index is 5.93. The van der Waals surface area contributed by atoms with Crippen LogP contribution in [0.15, 0.2) is 0 Å². The first-order chi connectivity index (χ1) is 4.06. The van der Waals surface area contributed by atoms with Gasteiger partial charge in [0.2, 0.25) is 7.38 Å². The topological polar surface area (TPSA) is 0 Å². The summed E-state index contributed by atoms with van der Waals surface area (Å²) < 4.78 is 0. The van der Waals surface area contributed by atoms with E-state index in [1.54, 1.807) is 0 Å². The van der Waals surface area contributed by atoms with Gasteiger partial charge in [0.05, 0.1) is 0 Å². The van der Waals surface area contributed by atoms with Gasteiger partial charge in [0.15, 0.2) is 0 Å². The molecule has 0 radical (unpaired) electrons. The smallest absolute Gasteiger partial charge is 0.151 e. The molecule has 2 heteroatoms. The Labute approximate surface area is 63.3 Å². The van der Waals surface area contributed by atoms with E-state index in [0.717, 1.165) is 12.8 Å². The minimum Gasteiger partial charge on any atom is -0.151 e. The molecule has 0 nitrogen and oxygen atoms in total. The fourth-order valence-electron chi connectivity index (χ4n) is 0.398. The quantitative estimate of drug-likeness (QED) is 0.315. The van der Waals surface area contributed by atoms with Crippen LogP contribution in [0.4, 0.5) is 0 Å². The highest BCUT2D eigenvalue weighted by molar-refractivity contribution is 7.23. The molecule has 0 rings (SSSR count). The van der Waals surface area contributed by atoms with Gasteiger partial charge in [-0.1, -0.05) is 6.92 Å². The van der Waals surface area contributed by atoms with E-state index in [2.05, 4.69) is 18.4 Å². The number of halogens is 1. The van der Waals surface area contributed by atoms with E-state index in [0.29, 0.717) is 0 Å². The average Bonchev–Trinajstić information content (AvgIpc) is 1.63. The van der Waals surface area contributed by atoms with E-state index in [4.69, 9.17) is 11.1 Å². The first-order valence-electron chi connectivity index (χ1n) is 3.25. The molecule has 0 aromatic heterocycles. The SMILES string of the molecule is CCCC#C[Si](C)(C)Cl. The van der Waals surface area contributed by atoms with Crippen molar-refractivity contribution < 1.29 is 0 Å². The predicted octanol–water partition coefficient (Wildman–Crippen LogP) is 2.77. The molecule has 0 aliphatic carbocycles. The van der Waals surface area contributed by atoms with Crippen molar-refractivity contribution in [2.24, 2.45) is 0 Å². The van der Waals surface area contributed by atoms with Crippen molar-refractivity contribution in [3.63, 3.8) is 0 Å². The third kappa shape index (κ3) is 8.07. The van der Waals surface area contributed by atoms with Gasteiger partial charge in [0.25, 0.3) is 0 Å². The standard InChI is InChI=1S/C7H13ClSi/c1-4-5-6-7-9(2,3)8/h4-5H2,1-3H3. The lowest BCUT2D eigenvalue weighted by Crippen LogP contribution is -2.12. The average molecular weight is 161 g/mol. The van der Waals surface area contributed by atoms with Gasteiger partial charge in [-0.3, -0.25) is 0 Å². The molecule has 0 unspecified atom stereocenters. The van der Waals surface area contributed by atoms with Gasteiger partial charge < -0.3 is 0 Å². The van der Waals surface area contributed by atoms with Gasteiger partial charge in [-0.25, -0.2) is 0 Å². The van der Waals surface area contributed by atoms with Crippen LogP contribution in [0.5, 0.6) is 0 Å². The summed E-state index contributed by atoms with van der Waals surface area (Å²) in [6.45, 7) is 6.20. The number of rotatable bonds is 1. The highest BCUT2D eigenvalue weighted by Gasteiger charge is 2.11. The third-order valence-corrected chi connectivity index (χ3v) is 1.82. The lowest BCUT2D eigenvalue weighted by Gasteiger charge is -1.98. The van der Waals surface area contributed by atoms with Crippen molar-refractivity contribution >= 4 is 18.5 Å².